The molecule has 0 saturated carbocycles. The molecular weight excluding hydrogens is 1060 g/mol. The largest absolute Gasteiger partial charge is 1.00 e. The first-order valence-corrected chi connectivity index (χ1v) is 26.6. The fraction of sp³-hybridized carbons (Fsp3) is 0.167. The van der Waals surface area contributed by atoms with Crippen molar-refractivity contribution in [3.63, 3.8) is 0 Å². The second kappa shape index (κ2) is 28.5. The van der Waals surface area contributed by atoms with Crippen molar-refractivity contribution in [3.05, 3.63) is 275 Å². The number of carbonyl (C=O) groups excluding carboxylic acids is 2. The number of halogens is 4. The van der Waals surface area contributed by atoms with E-state index < -0.39 is 73.6 Å². The van der Waals surface area contributed by atoms with E-state index in [0.29, 0.717) is 17.4 Å². The van der Waals surface area contributed by atoms with E-state index in [4.69, 9.17) is 14.2 Å². The molecule has 400 valence electrons. The van der Waals surface area contributed by atoms with Crippen molar-refractivity contribution in [3.8, 4) is 11.5 Å². The van der Waals surface area contributed by atoms with Gasteiger partial charge in [0.25, 0.3) is 0 Å². The Labute approximate surface area is 473 Å². The van der Waals surface area contributed by atoms with Gasteiger partial charge >= 0.3 is 52.0 Å². The van der Waals surface area contributed by atoms with Gasteiger partial charge in [-0.1, -0.05) is 217 Å². The van der Waals surface area contributed by atoms with E-state index in [1.165, 1.54) is 70.8 Å². The Bertz CT molecular complexity index is 3250. The summed E-state index contributed by atoms with van der Waals surface area (Å²) in [5.41, 5.74) is 6.55. The van der Waals surface area contributed by atoms with Crippen molar-refractivity contribution in [1.82, 2.24) is 0 Å². The summed E-state index contributed by atoms with van der Waals surface area (Å²) in [4.78, 5) is 23.2. The van der Waals surface area contributed by atoms with Crippen molar-refractivity contribution in [2.75, 3.05) is 26.4 Å². The zero-order valence-corrected chi connectivity index (χ0v) is 46.3. The van der Waals surface area contributed by atoms with Crippen LogP contribution in [-0.2, 0) is 43.8 Å². The number of para-hydroxylation sites is 2. The first-order valence-electron chi connectivity index (χ1n) is 23.7. The predicted molar refractivity (Wildman–Crippen MR) is 283 cm³/mol. The average molecular weight is 1110 g/mol. The van der Waals surface area contributed by atoms with Gasteiger partial charge in [-0.25, -0.2) is 26.4 Å². The molecule has 78 heavy (non-hydrogen) atoms. The van der Waals surface area contributed by atoms with Crippen LogP contribution in [-0.4, -0.2) is 70.3 Å². The van der Waals surface area contributed by atoms with Gasteiger partial charge in [0.05, 0.1) is 0 Å². The number of hydrogen-bond acceptors (Lipinski definition) is 11. The molecule has 8 aromatic rings. The summed E-state index contributed by atoms with van der Waals surface area (Å²) < 4.78 is 132. The van der Waals surface area contributed by atoms with Crippen molar-refractivity contribution in [2.45, 2.75) is 35.0 Å². The summed E-state index contributed by atoms with van der Waals surface area (Å²) in [6.07, 6.45) is 0. The molecule has 0 amide bonds. The molecule has 0 aromatic heterocycles. The number of ether oxygens (including phenoxy) is 4. The zero-order chi connectivity index (χ0) is 55.5. The van der Waals surface area contributed by atoms with E-state index >= 15 is 8.78 Å². The summed E-state index contributed by atoms with van der Waals surface area (Å²) in [6.45, 7) is -0.893. The van der Waals surface area contributed by atoms with Crippen LogP contribution in [0.25, 0.3) is 0 Å². The molecule has 0 fully saturated rings. The molecule has 0 atom stereocenters. The molecule has 0 bridgehead atoms. The number of alkyl halides is 4. The van der Waals surface area contributed by atoms with Crippen LogP contribution in [0.1, 0.15) is 50.4 Å². The third kappa shape index (κ3) is 16.2. The SMILES string of the molecule is Cc1ccc(C(c2ccccc2)(c2ccccc2)S(=O)(=O)C(F)(F)COC(=O)COc2ccccc2)cc1.Cc1ccc(C(c2ccccc2)c2ccccc2)cc1.O=C(COc1ccccc1)OCC(F)(F)S(=O)(=O)[O-].[Na+]. The Morgan fingerprint density at radius 1 is 0.436 bits per heavy atom. The first kappa shape index (κ1) is 61.7. The molecule has 0 aliphatic rings. The Morgan fingerprint density at radius 2 is 0.731 bits per heavy atom. The third-order valence-corrected chi connectivity index (χ3v) is 14.9. The molecule has 0 N–H and O–H groups in total. The van der Waals surface area contributed by atoms with E-state index in [0.717, 1.165) is 5.56 Å². The Balaban J connectivity index is 0.000000236. The molecule has 18 heteroatoms. The fourth-order valence-electron chi connectivity index (χ4n) is 7.83. The predicted octanol–water partition coefficient (Wildman–Crippen LogP) is 8.84. The summed E-state index contributed by atoms with van der Waals surface area (Å²) in [5, 5.41) is -9.11. The molecule has 8 aromatic carbocycles. The summed E-state index contributed by atoms with van der Waals surface area (Å²) >= 11 is 0. The summed E-state index contributed by atoms with van der Waals surface area (Å²) in [5.74, 6) is -1.38. The van der Waals surface area contributed by atoms with Crippen LogP contribution in [0, 0.1) is 13.8 Å². The number of esters is 2. The molecule has 0 spiro atoms. The molecule has 0 aliphatic carbocycles. The maximum absolute atomic E-state index is 15.9. The first-order chi connectivity index (χ1) is 36.7. The van der Waals surface area contributed by atoms with Crippen molar-refractivity contribution < 1.29 is 97.0 Å². The van der Waals surface area contributed by atoms with Crippen LogP contribution in [0.3, 0.4) is 0 Å². The number of benzene rings is 8. The number of rotatable bonds is 19. The van der Waals surface area contributed by atoms with Gasteiger partial charge in [-0.3, -0.25) is 0 Å². The van der Waals surface area contributed by atoms with E-state index in [-0.39, 0.29) is 46.2 Å². The topological polar surface area (TPSA) is 162 Å². The van der Waals surface area contributed by atoms with Crippen molar-refractivity contribution in [2.24, 2.45) is 0 Å². The third-order valence-electron chi connectivity index (χ3n) is 11.7. The van der Waals surface area contributed by atoms with Crippen LogP contribution in [0.4, 0.5) is 17.6 Å². The maximum Gasteiger partial charge on any atom is 1.00 e. The molecule has 11 nitrogen and oxygen atoms in total. The van der Waals surface area contributed by atoms with E-state index in [1.54, 1.807) is 97.1 Å². The molecule has 8 rings (SSSR count). The van der Waals surface area contributed by atoms with Gasteiger partial charge in [-0.15, -0.1) is 0 Å². The van der Waals surface area contributed by atoms with E-state index in [2.05, 4.69) is 96.6 Å². The van der Waals surface area contributed by atoms with E-state index in [1.807, 2.05) is 6.92 Å². The maximum atomic E-state index is 15.9. The Hall–Kier alpha value is -7.12. The van der Waals surface area contributed by atoms with Crippen molar-refractivity contribution >= 4 is 31.9 Å². The second-order valence-corrected chi connectivity index (χ2v) is 20.9. The molecule has 0 heterocycles. The minimum absolute atomic E-state index is 0. The van der Waals surface area contributed by atoms with Crippen molar-refractivity contribution in [1.29, 1.82) is 0 Å². The summed E-state index contributed by atoms with van der Waals surface area (Å²) in [7, 11) is -11.3. The van der Waals surface area contributed by atoms with Gasteiger partial charge in [0.1, 0.15) is 11.5 Å². The molecule has 0 unspecified atom stereocenters. The smallest absolute Gasteiger partial charge is 0.743 e. The standard InChI is InChI=1S/C30H26F2O5S.C20H18.C10H10F2O6S.Na/c1-23-17-19-26(20-18-23)30(24-11-5-2-6-12-24,25-13-7-3-8-14-25)38(34,35)29(31,32)22-37-28(33)21-36-27-15-9-4-10-16-27;1-16-12-14-19(15-13-16)20(17-8-4-2-5-9-17)18-10-6-3-7-11-18;11-10(12,19(14,15)16)7-18-9(13)6-17-8-4-2-1-3-5-8;/h2-20H,21-22H2,1H3;2-15,20H,1H3;1-5H,6-7H2,(H,14,15,16);/q;;;+1/p-1. The molecular formula is C60H53F4NaO11S2. The molecule has 0 aliphatic heterocycles. The number of sulfone groups is 1. The summed E-state index contributed by atoms with van der Waals surface area (Å²) in [6, 6.07) is 68.6. The number of hydrogen-bond donors (Lipinski definition) is 0. The minimum Gasteiger partial charge on any atom is -0.743 e. The van der Waals surface area contributed by atoms with Gasteiger partial charge in [0.2, 0.25) is 9.84 Å². The Morgan fingerprint density at radius 3 is 1.09 bits per heavy atom. The normalized spacial score (nSPS) is 11.5. The molecule has 0 saturated heterocycles. The van der Waals surface area contributed by atoms with Crippen LogP contribution in [0.5, 0.6) is 11.5 Å². The Kier molecular flexibility index (Phi) is 22.5. The van der Waals surface area contributed by atoms with Crippen LogP contribution in [0.15, 0.2) is 231 Å². The van der Waals surface area contributed by atoms with Gasteiger partial charge in [0.15, 0.2) is 41.3 Å². The number of aryl methyl sites for hydroxylation is 2. The second-order valence-electron chi connectivity index (χ2n) is 17.2. The van der Waals surface area contributed by atoms with Crippen LogP contribution >= 0.6 is 0 Å². The van der Waals surface area contributed by atoms with Gasteiger partial charge in [0, 0.05) is 5.92 Å². The fourth-order valence-corrected chi connectivity index (χ4v) is 10.0. The monoisotopic (exact) mass is 1110 g/mol. The van der Waals surface area contributed by atoms with Gasteiger partial charge in [-0.05, 0) is 71.5 Å². The molecule has 0 radical (unpaired) electrons. The van der Waals surface area contributed by atoms with Crippen LogP contribution in [0.2, 0.25) is 0 Å². The zero-order valence-electron chi connectivity index (χ0n) is 42.7. The van der Waals surface area contributed by atoms with Gasteiger partial charge < -0.3 is 23.5 Å². The van der Waals surface area contributed by atoms with E-state index in [9.17, 15) is 39.8 Å². The minimum atomic E-state index is -5.87. The quantitative estimate of drug-likeness (QED) is 0.0250. The average Bonchev–Trinajstić information content (AvgIpc) is 3.64. The van der Waals surface area contributed by atoms with Crippen LogP contribution < -0.4 is 39.0 Å². The van der Waals surface area contributed by atoms with Gasteiger partial charge in [-0.2, -0.15) is 17.6 Å². The number of carbonyl (C=O) groups is 2.